The van der Waals surface area contributed by atoms with Crippen molar-refractivity contribution in [1.29, 1.82) is 0 Å². The zero-order valence-corrected chi connectivity index (χ0v) is 22.9. The van der Waals surface area contributed by atoms with Crippen molar-refractivity contribution in [3.8, 4) is 33.7 Å². The van der Waals surface area contributed by atoms with Crippen LogP contribution in [-0.2, 0) is 20.2 Å². The summed E-state index contributed by atoms with van der Waals surface area (Å²) in [5.74, 6) is 0.254. The lowest BCUT2D eigenvalue weighted by molar-refractivity contribution is -0.734. The summed E-state index contributed by atoms with van der Waals surface area (Å²) in [4.78, 5) is 5.73. The van der Waals surface area contributed by atoms with Crippen molar-refractivity contribution in [2.45, 2.75) is 16.7 Å². The van der Waals surface area contributed by atoms with Crippen molar-refractivity contribution in [3.63, 3.8) is 0 Å². The Kier molecular flexibility index (Phi) is 6.59. The van der Waals surface area contributed by atoms with Crippen LogP contribution in [0.15, 0.2) is 64.4 Å². The number of nitrogens with zero attached hydrogens (tertiary/aromatic N) is 5. The molecule has 0 aliphatic carbocycles. The summed E-state index contributed by atoms with van der Waals surface area (Å²) >= 11 is 1.19. The maximum atomic E-state index is 12.1. The van der Waals surface area contributed by atoms with Crippen molar-refractivity contribution in [1.82, 2.24) is 20.0 Å². The highest BCUT2D eigenvalue weighted by molar-refractivity contribution is 7.86. The molecule has 0 saturated carbocycles. The molecule has 3 aromatic carbocycles. The van der Waals surface area contributed by atoms with E-state index in [4.69, 9.17) is 9.47 Å². The minimum Gasteiger partial charge on any atom is -0.744 e. The summed E-state index contributed by atoms with van der Waals surface area (Å²) in [5.41, 5.74) is 1.12. The molecule has 0 N–H and O–H groups in total. The van der Waals surface area contributed by atoms with Crippen LogP contribution in [-0.4, -0.2) is 60.1 Å². The number of fused-ring (bicyclic) bond motifs is 1. The van der Waals surface area contributed by atoms with Gasteiger partial charge in [-0.15, -0.1) is 0 Å². The lowest BCUT2D eigenvalue weighted by atomic mass is 10.1. The van der Waals surface area contributed by atoms with Crippen LogP contribution < -0.4 is 14.3 Å². The van der Waals surface area contributed by atoms with Crippen LogP contribution in [0, 0.1) is 6.92 Å². The number of tetrazole rings is 1. The van der Waals surface area contributed by atoms with Crippen molar-refractivity contribution < 1.29 is 40.2 Å². The number of aromatic nitrogens is 5. The van der Waals surface area contributed by atoms with Crippen molar-refractivity contribution in [2.75, 3.05) is 14.2 Å². The standard InChI is InChI=1S/C23H19N5O8S3/c1-13-4-7-16(20(10-13)38(29,30)31)22-25-27(14-5-9-18(36-3)21(11-14)39(32,33)34)28(26-22)23-24-17-8-6-15(35-2)12-19(17)37-23/h4-12H,1-3H3,(H-,29,30,31,32,33,34)/p-1. The summed E-state index contributed by atoms with van der Waals surface area (Å²) in [6, 6.07) is 13.2. The van der Waals surface area contributed by atoms with Crippen LogP contribution in [0.4, 0.5) is 0 Å². The molecule has 202 valence electrons. The van der Waals surface area contributed by atoms with Crippen LogP contribution >= 0.6 is 11.3 Å². The van der Waals surface area contributed by atoms with Gasteiger partial charge in [-0.05, 0) is 69.6 Å². The fourth-order valence-corrected chi connectivity index (χ4v) is 6.15. The monoisotopic (exact) mass is 588 g/mol. The quantitative estimate of drug-likeness (QED) is 0.200. The van der Waals surface area contributed by atoms with Gasteiger partial charge in [0.15, 0.2) is 5.52 Å². The Morgan fingerprint density at radius 2 is 1.64 bits per heavy atom. The van der Waals surface area contributed by atoms with Gasteiger partial charge in [0.1, 0.15) is 37.4 Å². The van der Waals surface area contributed by atoms with Gasteiger partial charge in [-0.2, -0.15) is 0 Å². The van der Waals surface area contributed by atoms with Crippen molar-refractivity contribution in [3.05, 3.63) is 60.2 Å². The first-order valence-corrected chi connectivity index (χ1v) is 14.6. The van der Waals surface area contributed by atoms with E-state index in [9.17, 15) is 25.9 Å². The fourth-order valence-electron chi connectivity index (χ4n) is 3.79. The minimum atomic E-state index is -4.95. The molecule has 0 aliphatic heterocycles. The summed E-state index contributed by atoms with van der Waals surface area (Å²) in [5, 5.41) is 9.07. The lowest BCUT2D eigenvalue weighted by Gasteiger charge is -2.12. The number of hydrogen-bond donors (Lipinski definition) is 0. The Bertz CT molecular complexity index is 1970. The third-order valence-electron chi connectivity index (χ3n) is 5.61. The molecule has 39 heavy (non-hydrogen) atoms. The number of hydrogen-bond acceptors (Lipinski definition) is 12. The number of benzene rings is 3. The predicted molar refractivity (Wildman–Crippen MR) is 135 cm³/mol. The second-order valence-corrected chi connectivity index (χ2v) is 11.9. The zero-order chi connectivity index (χ0) is 28.1. The second kappa shape index (κ2) is 9.65. The van der Waals surface area contributed by atoms with E-state index in [1.54, 1.807) is 31.2 Å². The summed E-state index contributed by atoms with van der Waals surface area (Å²) in [6.45, 7) is 1.63. The molecule has 0 spiro atoms. The Morgan fingerprint density at radius 1 is 0.897 bits per heavy atom. The topological polar surface area (TPSA) is 180 Å². The molecule has 0 aliphatic rings. The average Bonchev–Trinajstić information content (AvgIpc) is 3.51. The Morgan fingerprint density at radius 3 is 2.31 bits per heavy atom. The largest absolute Gasteiger partial charge is 0.744 e. The summed E-state index contributed by atoms with van der Waals surface area (Å²) in [6.07, 6.45) is 0. The van der Waals surface area contributed by atoms with E-state index in [0.29, 0.717) is 16.8 Å². The first-order valence-electron chi connectivity index (χ1n) is 10.9. The van der Waals surface area contributed by atoms with Gasteiger partial charge in [-0.1, -0.05) is 22.4 Å². The maximum Gasteiger partial charge on any atom is 0.365 e. The first kappa shape index (κ1) is 26.6. The highest BCUT2D eigenvalue weighted by Crippen LogP contribution is 2.30. The first-order chi connectivity index (χ1) is 18.4. The number of methoxy groups -OCH3 is 2. The maximum absolute atomic E-state index is 12.1. The van der Waals surface area contributed by atoms with Crippen LogP contribution in [0.2, 0.25) is 0 Å². The van der Waals surface area contributed by atoms with E-state index in [0.717, 1.165) is 15.6 Å². The number of aryl methyl sites for hydroxylation is 1. The van der Waals surface area contributed by atoms with Gasteiger partial charge in [0.25, 0.3) is 5.82 Å². The molecular formula is C23H18N5O8S3-. The highest BCUT2D eigenvalue weighted by Gasteiger charge is 2.28. The van der Waals surface area contributed by atoms with Gasteiger partial charge < -0.3 is 18.6 Å². The van der Waals surface area contributed by atoms with E-state index >= 15 is 0 Å². The zero-order valence-electron chi connectivity index (χ0n) is 20.4. The molecule has 0 amide bonds. The SMILES string of the molecule is COc1ccc2nc(-[n+]3nc(-c4ccc(C)cc4S(=O)(=O)[O-])nn3-c3ccc(OC)c(S(=O)(=O)[O-])c3)sc2c1. The van der Waals surface area contributed by atoms with Crippen molar-refractivity contribution >= 4 is 41.8 Å². The van der Waals surface area contributed by atoms with Gasteiger partial charge in [-0.25, -0.2) is 16.8 Å². The molecule has 0 bridgehead atoms. The molecule has 2 heterocycles. The van der Waals surface area contributed by atoms with E-state index in [2.05, 4.69) is 15.2 Å². The normalized spacial score (nSPS) is 12.1. The Labute approximate surface area is 226 Å². The minimum absolute atomic E-state index is 0.0689. The van der Waals surface area contributed by atoms with E-state index in [-0.39, 0.29) is 28.0 Å². The van der Waals surface area contributed by atoms with Crippen molar-refractivity contribution in [2.24, 2.45) is 0 Å². The summed E-state index contributed by atoms with van der Waals surface area (Å²) in [7, 11) is -7.12. The molecular weight excluding hydrogens is 570 g/mol. The number of rotatable bonds is 7. The molecule has 0 unspecified atom stereocenters. The van der Waals surface area contributed by atoms with E-state index in [1.807, 2.05) is 0 Å². The van der Waals surface area contributed by atoms with Crippen LogP contribution in [0.1, 0.15) is 5.56 Å². The second-order valence-electron chi connectivity index (χ2n) is 8.18. The third kappa shape index (κ3) is 5.07. The molecule has 5 aromatic rings. The Balaban J connectivity index is 1.80. The molecule has 5 rings (SSSR count). The molecule has 16 heteroatoms. The molecule has 0 fully saturated rings. The average molecular weight is 589 g/mol. The van der Waals surface area contributed by atoms with Gasteiger partial charge in [0, 0.05) is 11.2 Å². The lowest BCUT2D eigenvalue weighted by Crippen LogP contribution is -2.43. The molecule has 13 nitrogen and oxygen atoms in total. The van der Waals surface area contributed by atoms with E-state index < -0.39 is 30.0 Å². The van der Waals surface area contributed by atoms with Crippen LogP contribution in [0.25, 0.3) is 32.4 Å². The highest BCUT2D eigenvalue weighted by atomic mass is 32.2. The summed E-state index contributed by atoms with van der Waals surface area (Å²) < 4.78 is 83.0. The van der Waals surface area contributed by atoms with Gasteiger partial charge in [0.2, 0.25) is 0 Å². The van der Waals surface area contributed by atoms with Gasteiger partial charge >= 0.3 is 5.13 Å². The van der Waals surface area contributed by atoms with Gasteiger partial charge in [0.05, 0.1) is 34.3 Å². The third-order valence-corrected chi connectivity index (χ3v) is 8.33. The Hall–Kier alpha value is -3.96. The number of thiazole rings is 1. The fraction of sp³-hybridized carbons (Fsp3) is 0.130. The van der Waals surface area contributed by atoms with Crippen LogP contribution in [0.3, 0.4) is 0 Å². The van der Waals surface area contributed by atoms with Crippen LogP contribution in [0.5, 0.6) is 11.5 Å². The molecule has 0 atom stereocenters. The molecule has 0 saturated heterocycles. The molecule has 0 radical (unpaired) electrons. The smallest absolute Gasteiger partial charge is 0.365 e. The molecule has 2 aromatic heterocycles. The number of ether oxygens (including phenoxy) is 2. The predicted octanol–water partition coefficient (Wildman–Crippen LogP) is 1.95. The van der Waals surface area contributed by atoms with E-state index in [1.165, 1.54) is 54.6 Å². The van der Waals surface area contributed by atoms with Gasteiger partial charge in [-0.3, -0.25) is 0 Å².